The maximum atomic E-state index is 12.7. The standard InChI is InChI=1S/C24H27N3O3S/c28-22(13-12-18-7-2-1-3-8-18)26-14-6-9-19(15-26)17-31-24-25-20-10-4-5-11-21(20)27(24)16-23(29)30/h1-5,7-8,10-11,19H,6,9,12-17H2,(H,29,30). The van der Waals surface area contributed by atoms with Gasteiger partial charge in [-0.3, -0.25) is 9.59 Å². The Morgan fingerprint density at radius 2 is 1.87 bits per heavy atom. The van der Waals surface area contributed by atoms with Gasteiger partial charge >= 0.3 is 5.97 Å². The number of carboxylic acids is 1. The monoisotopic (exact) mass is 437 g/mol. The molecule has 0 radical (unpaired) electrons. The number of aromatic nitrogens is 2. The number of benzene rings is 2. The fourth-order valence-corrected chi connectivity index (χ4v) is 5.26. The summed E-state index contributed by atoms with van der Waals surface area (Å²) in [5.74, 6) is 0.554. The van der Waals surface area contributed by atoms with Crippen molar-refractivity contribution in [1.29, 1.82) is 0 Å². The second-order valence-corrected chi connectivity index (χ2v) is 8.99. The zero-order valence-corrected chi connectivity index (χ0v) is 18.3. The van der Waals surface area contributed by atoms with E-state index in [1.807, 2.05) is 47.4 Å². The Kier molecular flexibility index (Phi) is 6.92. The second-order valence-electron chi connectivity index (χ2n) is 8.01. The van der Waals surface area contributed by atoms with Gasteiger partial charge in [0, 0.05) is 25.3 Å². The van der Waals surface area contributed by atoms with Gasteiger partial charge in [-0.1, -0.05) is 54.2 Å². The first-order chi connectivity index (χ1) is 15.1. The molecular formula is C24H27N3O3S. The topological polar surface area (TPSA) is 75.4 Å². The zero-order valence-electron chi connectivity index (χ0n) is 17.4. The van der Waals surface area contributed by atoms with Gasteiger partial charge in [0.2, 0.25) is 5.91 Å². The lowest BCUT2D eigenvalue weighted by Gasteiger charge is -2.32. The van der Waals surface area contributed by atoms with E-state index in [1.165, 1.54) is 5.56 Å². The average molecular weight is 438 g/mol. The van der Waals surface area contributed by atoms with Crippen LogP contribution in [0.2, 0.25) is 0 Å². The number of amides is 1. The molecule has 0 spiro atoms. The van der Waals surface area contributed by atoms with Crippen molar-refractivity contribution in [2.24, 2.45) is 5.92 Å². The molecule has 4 rings (SSSR count). The number of carbonyl (C=O) groups excluding carboxylic acids is 1. The Morgan fingerprint density at radius 3 is 2.68 bits per heavy atom. The van der Waals surface area contributed by atoms with E-state index in [0.717, 1.165) is 54.3 Å². The number of carbonyl (C=O) groups is 2. The van der Waals surface area contributed by atoms with Crippen molar-refractivity contribution in [2.75, 3.05) is 18.8 Å². The molecule has 1 fully saturated rings. The Balaban J connectivity index is 1.35. The molecule has 1 atom stereocenters. The summed E-state index contributed by atoms with van der Waals surface area (Å²) in [6.45, 7) is 1.49. The van der Waals surface area contributed by atoms with Crippen LogP contribution < -0.4 is 0 Å². The van der Waals surface area contributed by atoms with Crippen molar-refractivity contribution in [3.63, 3.8) is 0 Å². The number of likely N-dealkylation sites (tertiary alicyclic amines) is 1. The van der Waals surface area contributed by atoms with E-state index < -0.39 is 5.97 Å². The number of thioether (sulfide) groups is 1. The Morgan fingerprint density at radius 1 is 1.10 bits per heavy atom. The molecule has 6 nitrogen and oxygen atoms in total. The van der Waals surface area contributed by atoms with Crippen molar-refractivity contribution in [2.45, 2.75) is 37.4 Å². The van der Waals surface area contributed by atoms with Crippen LogP contribution in [0.5, 0.6) is 0 Å². The first-order valence-corrected chi connectivity index (χ1v) is 11.7. The Hall–Kier alpha value is -2.80. The summed E-state index contributed by atoms with van der Waals surface area (Å²) in [6, 6.07) is 17.7. The molecule has 31 heavy (non-hydrogen) atoms. The van der Waals surface area contributed by atoms with Gasteiger partial charge in [0.05, 0.1) is 11.0 Å². The van der Waals surface area contributed by atoms with Crippen LogP contribution >= 0.6 is 11.8 Å². The number of hydrogen-bond donors (Lipinski definition) is 1. The third-order valence-corrected chi connectivity index (χ3v) is 6.91. The van der Waals surface area contributed by atoms with Gasteiger partial charge in [0.1, 0.15) is 6.54 Å². The van der Waals surface area contributed by atoms with Crippen molar-refractivity contribution < 1.29 is 14.7 Å². The highest BCUT2D eigenvalue weighted by Gasteiger charge is 2.24. The lowest BCUT2D eigenvalue weighted by Crippen LogP contribution is -2.40. The number of imidazole rings is 1. The number of fused-ring (bicyclic) bond motifs is 1. The third-order valence-electron chi connectivity index (χ3n) is 5.70. The van der Waals surface area contributed by atoms with E-state index in [9.17, 15) is 14.7 Å². The predicted molar refractivity (Wildman–Crippen MR) is 122 cm³/mol. The average Bonchev–Trinajstić information content (AvgIpc) is 3.14. The fourth-order valence-electron chi connectivity index (χ4n) is 4.13. The largest absolute Gasteiger partial charge is 0.480 e. The summed E-state index contributed by atoms with van der Waals surface area (Å²) in [5.41, 5.74) is 2.85. The number of rotatable bonds is 8. The van der Waals surface area contributed by atoms with E-state index in [2.05, 4.69) is 17.1 Å². The van der Waals surface area contributed by atoms with Crippen LogP contribution in [-0.2, 0) is 22.6 Å². The molecule has 1 N–H and O–H groups in total. The van der Waals surface area contributed by atoms with E-state index in [1.54, 1.807) is 16.3 Å². The maximum absolute atomic E-state index is 12.7. The van der Waals surface area contributed by atoms with Gasteiger partial charge in [0.25, 0.3) is 0 Å². The fraction of sp³-hybridized carbons (Fsp3) is 0.375. The third kappa shape index (κ3) is 5.47. The number of hydrogen-bond acceptors (Lipinski definition) is 4. The molecule has 1 amide bonds. The molecule has 1 saturated heterocycles. The molecule has 1 aliphatic heterocycles. The summed E-state index contributed by atoms with van der Waals surface area (Å²) >= 11 is 1.60. The summed E-state index contributed by atoms with van der Waals surface area (Å²) in [4.78, 5) is 30.7. The minimum atomic E-state index is -0.877. The normalized spacial score (nSPS) is 16.5. The van der Waals surface area contributed by atoms with Crippen LogP contribution in [0.4, 0.5) is 0 Å². The molecule has 162 valence electrons. The second kappa shape index (κ2) is 10.0. The summed E-state index contributed by atoms with van der Waals surface area (Å²) in [5, 5.41) is 10.0. The molecule has 0 bridgehead atoms. The quantitative estimate of drug-likeness (QED) is 0.538. The first kappa shape index (κ1) is 21.4. The van der Waals surface area contributed by atoms with Gasteiger partial charge < -0.3 is 14.6 Å². The zero-order chi connectivity index (χ0) is 21.6. The molecule has 0 aliphatic carbocycles. The van der Waals surface area contributed by atoms with Crippen LogP contribution in [0.15, 0.2) is 59.8 Å². The minimum Gasteiger partial charge on any atom is -0.480 e. The number of para-hydroxylation sites is 2. The molecule has 1 aliphatic rings. The van der Waals surface area contributed by atoms with Crippen molar-refractivity contribution in [3.8, 4) is 0 Å². The summed E-state index contributed by atoms with van der Waals surface area (Å²) in [6.07, 6.45) is 3.40. The lowest BCUT2D eigenvalue weighted by atomic mass is 9.99. The Bertz CT molecular complexity index is 1050. The SMILES string of the molecule is O=C(O)Cn1c(SCC2CCCN(C(=O)CCc3ccccc3)C2)nc2ccccc21. The Labute approximate surface area is 186 Å². The maximum Gasteiger partial charge on any atom is 0.323 e. The van der Waals surface area contributed by atoms with Crippen LogP contribution in [0.1, 0.15) is 24.8 Å². The molecule has 7 heteroatoms. The molecule has 3 aromatic rings. The number of piperidine rings is 1. The van der Waals surface area contributed by atoms with Gasteiger partial charge in [-0.25, -0.2) is 4.98 Å². The molecule has 2 aromatic carbocycles. The van der Waals surface area contributed by atoms with E-state index >= 15 is 0 Å². The van der Waals surface area contributed by atoms with Crippen LogP contribution in [0.25, 0.3) is 11.0 Å². The van der Waals surface area contributed by atoms with Crippen LogP contribution in [-0.4, -0.2) is 50.3 Å². The highest BCUT2D eigenvalue weighted by Crippen LogP contribution is 2.28. The molecule has 0 saturated carbocycles. The van der Waals surface area contributed by atoms with E-state index in [-0.39, 0.29) is 12.5 Å². The highest BCUT2D eigenvalue weighted by molar-refractivity contribution is 7.99. The molecule has 1 unspecified atom stereocenters. The van der Waals surface area contributed by atoms with Gasteiger partial charge in [-0.2, -0.15) is 0 Å². The van der Waals surface area contributed by atoms with Crippen molar-refractivity contribution >= 4 is 34.7 Å². The molecule has 2 heterocycles. The van der Waals surface area contributed by atoms with Crippen LogP contribution in [0.3, 0.4) is 0 Å². The van der Waals surface area contributed by atoms with Gasteiger partial charge in [-0.15, -0.1) is 0 Å². The number of carboxylic acid groups (broad SMARTS) is 1. The van der Waals surface area contributed by atoms with Crippen LogP contribution in [0, 0.1) is 5.92 Å². The summed E-state index contributed by atoms with van der Waals surface area (Å²) in [7, 11) is 0. The summed E-state index contributed by atoms with van der Waals surface area (Å²) < 4.78 is 1.77. The lowest BCUT2D eigenvalue weighted by molar-refractivity contribution is -0.137. The van der Waals surface area contributed by atoms with Crippen molar-refractivity contribution in [3.05, 3.63) is 60.2 Å². The predicted octanol–water partition coefficient (Wildman–Crippen LogP) is 4.08. The first-order valence-electron chi connectivity index (χ1n) is 10.7. The molecule has 1 aromatic heterocycles. The smallest absolute Gasteiger partial charge is 0.323 e. The highest BCUT2D eigenvalue weighted by atomic mass is 32.2. The minimum absolute atomic E-state index is 0.0996. The van der Waals surface area contributed by atoms with Gasteiger partial charge in [0.15, 0.2) is 5.16 Å². The number of aryl methyl sites for hydroxylation is 1. The van der Waals surface area contributed by atoms with E-state index in [4.69, 9.17) is 0 Å². The number of aliphatic carboxylic acids is 1. The van der Waals surface area contributed by atoms with Crippen molar-refractivity contribution in [1.82, 2.24) is 14.5 Å². The van der Waals surface area contributed by atoms with E-state index in [0.29, 0.717) is 12.3 Å². The van der Waals surface area contributed by atoms with Gasteiger partial charge in [-0.05, 0) is 42.9 Å². The number of nitrogens with zero attached hydrogens (tertiary/aromatic N) is 3. The molecular weight excluding hydrogens is 410 g/mol.